The minimum absolute atomic E-state index is 0.0232. The van der Waals surface area contributed by atoms with Crippen molar-refractivity contribution in [2.45, 2.75) is 44.6 Å². The first-order chi connectivity index (χ1) is 11.9. The summed E-state index contributed by atoms with van der Waals surface area (Å²) in [6.07, 6.45) is -0.238. The van der Waals surface area contributed by atoms with E-state index in [1.165, 1.54) is 9.70 Å². The highest BCUT2D eigenvalue weighted by molar-refractivity contribution is 7.92. The fraction of sp³-hybridized carbons (Fsp3) is 0.733. The normalized spacial score (nSPS) is 22.7. The van der Waals surface area contributed by atoms with Gasteiger partial charge in [-0.2, -0.15) is 4.80 Å². The van der Waals surface area contributed by atoms with Crippen molar-refractivity contribution in [3.05, 3.63) is 5.82 Å². The molecule has 2 aliphatic rings. The number of rotatable bonds is 2. The Bertz CT molecular complexity index is 970. The Morgan fingerprint density at radius 2 is 1.85 bits per heavy atom. The lowest BCUT2D eigenvalue weighted by atomic mass is 9.96. The maximum atomic E-state index is 13.7. The molecule has 0 N–H and O–H groups in total. The number of halogens is 2. The summed E-state index contributed by atoms with van der Waals surface area (Å²) in [4.78, 5) is 11.8. The van der Waals surface area contributed by atoms with Crippen LogP contribution in [0.2, 0.25) is 0 Å². The van der Waals surface area contributed by atoms with Crippen molar-refractivity contribution in [3.8, 4) is 0 Å². The van der Waals surface area contributed by atoms with Gasteiger partial charge in [-0.05, 0) is 0 Å². The summed E-state index contributed by atoms with van der Waals surface area (Å²) in [6.45, 7) is 5.54. The third-order valence-electron chi connectivity index (χ3n) is 4.61. The van der Waals surface area contributed by atoms with Crippen LogP contribution >= 0.6 is 0 Å². The van der Waals surface area contributed by atoms with Gasteiger partial charge in [0.05, 0.1) is 24.1 Å². The van der Waals surface area contributed by atoms with E-state index in [2.05, 4.69) is 20.2 Å². The largest absolute Gasteiger partial charge is 0.348 e. The summed E-state index contributed by atoms with van der Waals surface area (Å²) in [6, 6.07) is -0.347. The third kappa shape index (κ3) is 3.01. The molecule has 2 aromatic heterocycles. The molecule has 4 heterocycles. The van der Waals surface area contributed by atoms with E-state index < -0.39 is 27.7 Å². The van der Waals surface area contributed by atoms with Crippen LogP contribution < -0.4 is 4.90 Å². The molecule has 0 amide bonds. The molecule has 2 aliphatic heterocycles. The van der Waals surface area contributed by atoms with E-state index in [0.717, 1.165) is 0 Å². The molecule has 0 radical (unpaired) electrons. The molecule has 0 bridgehead atoms. The predicted octanol–water partition coefficient (Wildman–Crippen LogP) is 1.33. The smallest absolute Gasteiger partial charge is 0.266 e. The topological polar surface area (TPSA) is 93.9 Å². The van der Waals surface area contributed by atoms with Gasteiger partial charge in [0.15, 0.2) is 21.2 Å². The molecule has 0 atom stereocenters. The van der Waals surface area contributed by atoms with Gasteiger partial charge in [-0.25, -0.2) is 27.2 Å². The quantitative estimate of drug-likeness (QED) is 0.769. The van der Waals surface area contributed by atoms with E-state index >= 15 is 0 Å². The van der Waals surface area contributed by atoms with Crippen molar-refractivity contribution in [3.63, 3.8) is 0 Å². The number of aromatic nitrogens is 5. The molecule has 142 valence electrons. The Labute approximate surface area is 149 Å². The van der Waals surface area contributed by atoms with Crippen molar-refractivity contribution in [1.82, 2.24) is 25.0 Å². The predicted molar refractivity (Wildman–Crippen MR) is 91.3 cm³/mol. The lowest BCUT2D eigenvalue weighted by molar-refractivity contribution is 0.0257. The second-order valence-electron chi connectivity index (χ2n) is 8.07. The van der Waals surface area contributed by atoms with Crippen LogP contribution in [0.15, 0.2) is 0 Å². The van der Waals surface area contributed by atoms with E-state index in [1.54, 1.807) is 0 Å². The summed E-state index contributed by atoms with van der Waals surface area (Å²) < 4.78 is 50.3. The van der Waals surface area contributed by atoms with Crippen molar-refractivity contribution in [1.29, 1.82) is 0 Å². The summed E-state index contributed by atoms with van der Waals surface area (Å²) in [5.74, 6) is -1.99. The molecule has 2 fully saturated rings. The Hall–Kier alpha value is -1.91. The molecule has 8 nitrogen and oxygen atoms in total. The van der Waals surface area contributed by atoms with Gasteiger partial charge >= 0.3 is 0 Å². The fourth-order valence-corrected chi connectivity index (χ4v) is 4.46. The van der Waals surface area contributed by atoms with Gasteiger partial charge in [0, 0.05) is 18.4 Å². The van der Waals surface area contributed by atoms with Gasteiger partial charge in [-0.3, -0.25) is 0 Å². The lowest BCUT2D eigenvalue weighted by Crippen LogP contribution is -2.39. The van der Waals surface area contributed by atoms with Crippen LogP contribution in [0, 0.1) is 0 Å². The minimum Gasteiger partial charge on any atom is -0.348 e. The van der Waals surface area contributed by atoms with Crippen LogP contribution in [0.3, 0.4) is 0 Å². The number of fused-ring (bicyclic) bond motifs is 1. The molecule has 2 aromatic rings. The number of hydrogen-bond acceptors (Lipinski definition) is 7. The number of anilines is 1. The fourth-order valence-electron chi connectivity index (χ4n) is 3.12. The van der Waals surface area contributed by atoms with Gasteiger partial charge in [-0.15, -0.1) is 10.2 Å². The maximum absolute atomic E-state index is 13.7. The minimum atomic E-state index is -3.04. The first kappa shape index (κ1) is 17.5. The van der Waals surface area contributed by atoms with Crippen LogP contribution in [-0.4, -0.2) is 63.9 Å². The SMILES string of the molecule is CC(C)(C)c1nc(N2CCC(F)(F)C2)c2nn(C3CS(=O)(=O)C3)nc2n1. The summed E-state index contributed by atoms with van der Waals surface area (Å²) in [5, 5.41) is 8.66. The summed E-state index contributed by atoms with van der Waals surface area (Å²) in [5.41, 5.74) is 0.244. The van der Waals surface area contributed by atoms with Gasteiger partial charge in [0.1, 0.15) is 5.82 Å². The Morgan fingerprint density at radius 1 is 1.15 bits per heavy atom. The zero-order valence-electron chi connectivity index (χ0n) is 14.8. The van der Waals surface area contributed by atoms with Crippen molar-refractivity contribution in [2.24, 2.45) is 0 Å². The standard InChI is InChI=1S/C15H20F2N6O2S/c1-14(2,3)13-18-11-10(12(19-13)22-5-4-15(16,17)8-22)20-23(21-11)9-6-26(24,25)7-9/h9H,4-8H2,1-3H3. The van der Waals surface area contributed by atoms with Gasteiger partial charge in [0.25, 0.3) is 5.92 Å². The highest BCUT2D eigenvalue weighted by atomic mass is 32.2. The molecule has 2 saturated heterocycles. The van der Waals surface area contributed by atoms with E-state index in [1.807, 2.05) is 20.8 Å². The number of alkyl halides is 2. The highest BCUT2D eigenvalue weighted by Crippen LogP contribution is 2.34. The molecular formula is C15H20F2N6O2S. The lowest BCUT2D eigenvalue weighted by Gasteiger charge is -2.24. The van der Waals surface area contributed by atoms with Crippen LogP contribution in [0.5, 0.6) is 0 Å². The zero-order chi connectivity index (χ0) is 18.9. The molecule has 4 rings (SSSR count). The molecule has 0 aliphatic carbocycles. The molecule has 11 heteroatoms. The second-order valence-corrected chi connectivity index (χ2v) is 10.2. The van der Waals surface area contributed by atoms with E-state index in [0.29, 0.717) is 22.8 Å². The molecule has 0 unspecified atom stereocenters. The summed E-state index contributed by atoms with van der Waals surface area (Å²) in [7, 11) is -3.04. The Balaban J connectivity index is 1.81. The average molecular weight is 386 g/mol. The molecular weight excluding hydrogens is 366 g/mol. The molecule has 0 spiro atoms. The third-order valence-corrected chi connectivity index (χ3v) is 6.39. The number of nitrogens with zero attached hydrogens (tertiary/aromatic N) is 6. The molecule has 0 aromatic carbocycles. The van der Waals surface area contributed by atoms with Crippen molar-refractivity contribution >= 4 is 26.8 Å². The second kappa shape index (κ2) is 5.30. The summed E-state index contributed by atoms with van der Waals surface area (Å²) >= 11 is 0. The van der Waals surface area contributed by atoms with Crippen molar-refractivity contribution < 1.29 is 17.2 Å². The zero-order valence-corrected chi connectivity index (χ0v) is 15.6. The monoisotopic (exact) mass is 386 g/mol. The Kier molecular flexibility index (Phi) is 3.57. The Morgan fingerprint density at radius 3 is 2.38 bits per heavy atom. The van der Waals surface area contributed by atoms with E-state index in [4.69, 9.17) is 0 Å². The van der Waals surface area contributed by atoms with Crippen LogP contribution in [0.1, 0.15) is 39.1 Å². The van der Waals surface area contributed by atoms with Crippen LogP contribution in [-0.2, 0) is 15.3 Å². The first-order valence-electron chi connectivity index (χ1n) is 8.42. The molecule has 0 saturated carbocycles. The highest BCUT2D eigenvalue weighted by Gasteiger charge is 2.41. The van der Waals surface area contributed by atoms with Gasteiger partial charge in [0.2, 0.25) is 5.65 Å². The van der Waals surface area contributed by atoms with Crippen LogP contribution in [0.4, 0.5) is 14.6 Å². The van der Waals surface area contributed by atoms with E-state index in [9.17, 15) is 17.2 Å². The van der Waals surface area contributed by atoms with Crippen LogP contribution in [0.25, 0.3) is 11.2 Å². The number of hydrogen-bond donors (Lipinski definition) is 0. The number of sulfone groups is 1. The van der Waals surface area contributed by atoms with Gasteiger partial charge in [-0.1, -0.05) is 20.8 Å². The van der Waals surface area contributed by atoms with Gasteiger partial charge < -0.3 is 4.90 Å². The average Bonchev–Trinajstić information content (AvgIpc) is 3.05. The molecule has 26 heavy (non-hydrogen) atoms. The van der Waals surface area contributed by atoms with E-state index in [-0.39, 0.29) is 30.5 Å². The van der Waals surface area contributed by atoms with Crippen molar-refractivity contribution in [2.75, 3.05) is 29.5 Å². The first-order valence-corrected chi connectivity index (χ1v) is 10.2. The maximum Gasteiger partial charge on any atom is 0.266 e.